The molecule has 3 heteroatoms. The third-order valence-corrected chi connectivity index (χ3v) is 6.80. The van der Waals surface area contributed by atoms with Gasteiger partial charge in [-0.25, -0.2) is 0 Å². The molecule has 0 saturated heterocycles. The van der Waals surface area contributed by atoms with Crippen LogP contribution in [-0.4, -0.2) is 17.4 Å². The number of fused-ring (bicyclic) bond motifs is 2. The summed E-state index contributed by atoms with van der Waals surface area (Å²) in [4.78, 5) is 15.3. The van der Waals surface area contributed by atoms with E-state index in [2.05, 4.69) is 71.7 Å². The summed E-state index contributed by atoms with van der Waals surface area (Å²) in [5.74, 6) is -0.00792. The molecule has 0 bridgehead atoms. The van der Waals surface area contributed by atoms with Gasteiger partial charge in [-0.3, -0.25) is 9.69 Å². The number of nitrogens with zero attached hydrogens (tertiary/aromatic N) is 1. The van der Waals surface area contributed by atoms with E-state index in [1.54, 1.807) is 0 Å². The van der Waals surface area contributed by atoms with Crippen LogP contribution in [-0.2, 0) is 32.4 Å². The van der Waals surface area contributed by atoms with E-state index >= 15 is 0 Å². The van der Waals surface area contributed by atoms with E-state index in [0.717, 1.165) is 38.0 Å². The number of carbonyl (C=O) groups is 1. The predicted molar refractivity (Wildman–Crippen MR) is 125 cm³/mol. The van der Waals surface area contributed by atoms with Gasteiger partial charge in [-0.05, 0) is 78.1 Å². The maximum absolute atomic E-state index is 12.8. The molecule has 0 fully saturated rings. The molecule has 0 unspecified atom stereocenters. The van der Waals surface area contributed by atoms with Crippen LogP contribution in [0.5, 0.6) is 0 Å². The van der Waals surface area contributed by atoms with Gasteiger partial charge in [0.1, 0.15) is 0 Å². The number of carbonyl (C=O) groups excluding carboxylic acids is 1. The van der Waals surface area contributed by atoms with E-state index in [1.807, 2.05) is 12.1 Å². The Balaban J connectivity index is 1.19. The minimum absolute atomic E-state index is 0.00601. The maximum Gasteiger partial charge on any atom is 0.251 e. The first kappa shape index (κ1) is 20.0. The molecule has 5 rings (SSSR count). The molecular weight excluding hydrogens is 380 g/mol. The van der Waals surface area contributed by atoms with Crippen LogP contribution in [0.25, 0.3) is 0 Å². The molecule has 3 aromatic rings. The van der Waals surface area contributed by atoms with Crippen molar-refractivity contribution >= 4 is 5.91 Å². The van der Waals surface area contributed by atoms with Crippen LogP contribution in [0.1, 0.15) is 63.1 Å². The van der Waals surface area contributed by atoms with Crippen molar-refractivity contribution in [3.63, 3.8) is 0 Å². The van der Waals surface area contributed by atoms with E-state index in [9.17, 15) is 4.79 Å². The number of hydrogen-bond donors (Lipinski definition) is 1. The van der Waals surface area contributed by atoms with E-state index < -0.39 is 0 Å². The van der Waals surface area contributed by atoms with Crippen LogP contribution in [0, 0.1) is 0 Å². The zero-order chi connectivity index (χ0) is 21.2. The molecule has 1 aliphatic carbocycles. The van der Waals surface area contributed by atoms with Gasteiger partial charge in [0.2, 0.25) is 0 Å². The van der Waals surface area contributed by atoms with Crippen molar-refractivity contribution in [1.29, 1.82) is 0 Å². The van der Waals surface area contributed by atoms with Gasteiger partial charge in [0.15, 0.2) is 0 Å². The summed E-state index contributed by atoms with van der Waals surface area (Å²) in [5, 5.41) is 3.17. The summed E-state index contributed by atoms with van der Waals surface area (Å²) in [6.45, 7) is 5.06. The Morgan fingerprint density at radius 3 is 2.48 bits per heavy atom. The van der Waals surface area contributed by atoms with Crippen LogP contribution in [0.15, 0.2) is 66.7 Å². The Morgan fingerprint density at radius 2 is 1.65 bits per heavy atom. The first-order valence-corrected chi connectivity index (χ1v) is 11.5. The highest BCUT2D eigenvalue weighted by atomic mass is 16.1. The molecule has 1 atom stereocenters. The average Bonchev–Trinajstić information content (AvgIpc) is 3.27. The fourth-order valence-electron chi connectivity index (χ4n) is 4.93. The number of nitrogens with one attached hydrogen (secondary N) is 1. The zero-order valence-corrected chi connectivity index (χ0v) is 18.2. The summed E-state index contributed by atoms with van der Waals surface area (Å²) < 4.78 is 0. The first-order valence-electron chi connectivity index (χ1n) is 11.5. The molecule has 31 heavy (non-hydrogen) atoms. The number of amides is 1. The summed E-state index contributed by atoms with van der Waals surface area (Å²) in [7, 11) is 0. The topological polar surface area (TPSA) is 32.3 Å². The van der Waals surface area contributed by atoms with Gasteiger partial charge in [-0.2, -0.15) is 0 Å². The smallest absolute Gasteiger partial charge is 0.251 e. The highest BCUT2D eigenvalue weighted by Crippen LogP contribution is 2.25. The van der Waals surface area contributed by atoms with Crippen molar-refractivity contribution in [1.82, 2.24) is 10.2 Å². The van der Waals surface area contributed by atoms with E-state index in [0.29, 0.717) is 0 Å². The Kier molecular flexibility index (Phi) is 5.61. The predicted octanol–water partition coefficient (Wildman–Crippen LogP) is 5.22. The number of rotatable bonds is 5. The lowest BCUT2D eigenvalue weighted by molar-refractivity contribution is 0.0940. The molecule has 0 aromatic heterocycles. The Morgan fingerprint density at radius 1 is 0.903 bits per heavy atom. The number of aryl methyl sites for hydroxylation is 2. The van der Waals surface area contributed by atoms with Crippen molar-refractivity contribution in [2.45, 2.75) is 51.7 Å². The van der Waals surface area contributed by atoms with Crippen molar-refractivity contribution < 1.29 is 4.79 Å². The summed E-state index contributed by atoms with van der Waals surface area (Å²) in [6.07, 6.45) is 4.70. The molecule has 0 saturated carbocycles. The fraction of sp³-hybridized carbons (Fsp3) is 0.321. The molecule has 3 nitrogen and oxygen atoms in total. The van der Waals surface area contributed by atoms with Crippen LogP contribution in [0.2, 0.25) is 0 Å². The van der Waals surface area contributed by atoms with Gasteiger partial charge < -0.3 is 5.32 Å². The molecule has 0 radical (unpaired) electrons. The summed E-state index contributed by atoms with van der Waals surface area (Å²) in [6, 6.07) is 23.5. The number of hydrogen-bond acceptors (Lipinski definition) is 2. The van der Waals surface area contributed by atoms with Gasteiger partial charge >= 0.3 is 0 Å². The third kappa shape index (κ3) is 4.42. The van der Waals surface area contributed by atoms with Crippen LogP contribution in [0.4, 0.5) is 0 Å². The van der Waals surface area contributed by atoms with Crippen molar-refractivity contribution in [3.8, 4) is 0 Å². The van der Waals surface area contributed by atoms with Gasteiger partial charge in [0.25, 0.3) is 5.91 Å². The number of benzene rings is 3. The standard InChI is InChI=1S/C28H30N2O/c1-20(25-14-13-22-7-4-8-26(22)17-25)29-28(31)24-11-9-21(10-12-24)18-30-16-15-23-5-2-3-6-27(23)19-30/h2-3,5-6,9-14,17,20H,4,7-8,15-16,18-19H2,1H3,(H,29,31)/t20-/m1/s1. The molecule has 1 amide bonds. The van der Waals surface area contributed by atoms with Gasteiger partial charge in [0.05, 0.1) is 6.04 Å². The molecule has 1 heterocycles. The van der Waals surface area contributed by atoms with Crippen LogP contribution < -0.4 is 5.32 Å². The fourth-order valence-corrected chi connectivity index (χ4v) is 4.93. The second-order valence-corrected chi connectivity index (χ2v) is 9.00. The Hall–Kier alpha value is -2.91. The van der Waals surface area contributed by atoms with Crippen molar-refractivity contribution in [2.24, 2.45) is 0 Å². The molecule has 1 aliphatic heterocycles. The van der Waals surface area contributed by atoms with Crippen LogP contribution >= 0.6 is 0 Å². The zero-order valence-electron chi connectivity index (χ0n) is 18.2. The normalized spacial score (nSPS) is 16.4. The lowest BCUT2D eigenvalue weighted by Gasteiger charge is -2.28. The maximum atomic E-state index is 12.8. The minimum Gasteiger partial charge on any atom is -0.346 e. The highest BCUT2D eigenvalue weighted by Gasteiger charge is 2.17. The second-order valence-electron chi connectivity index (χ2n) is 9.00. The third-order valence-electron chi connectivity index (χ3n) is 6.80. The second kappa shape index (κ2) is 8.68. The Bertz CT molecular complexity index is 1090. The lowest BCUT2D eigenvalue weighted by atomic mass is 9.99. The van der Waals surface area contributed by atoms with Crippen molar-refractivity contribution in [3.05, 3.63) is 106 Å². The van der Waals surface area contributed by atoms with E-state index in [4.69, 9.17) is 0 Å². The van der Waals surface area contributed by atoms with Gasteiger partial charge in [-0.15, -0.1) is 0 Å². The minimum atomic E-state index is -0.00792. The van der Waals surface area contributed by atoms with E-state index in [1.165, 1.54) is 46.2 Å². The lowest BCUT2D eigenvalue weighted by Crippen LogP contribution is -2.30. The molecule has 158 valence electrons. The van der Waals surface area contributed by atoms with Crippen LogP contribution in [0.3, 0.4) is 0 Å². The largest absolute Gasteiger partial charge is 0.346 e. The van der Waals surface area contributed by atoms with E-state index in [-0.39, 0.29) is 11.9 Å². The highest BCUT2D eigenvalue weighted by molar-refractivity contribution is 5.94. The summed E-state index contributed by atoms with van der Waals surface area (Å²) in [5.41, 5.74) is 8.99. The first-order chi connectivity index (χ1) is 15.2. The molecule has 3 aromatic carbocycles. The van der Waals surface area contributed by atoms with Gasteiger partial charge in [0, 0.05) is 25.2 Å². The molecule has 0 spiro atoms. The quantitative estimate of drug-likeness (QED) is 0.625. The monoisotopic (exact) mass is 410 g/mol. The molecular formula is C28H30N2O. The van der Waals surface area contributed by atoms with Crippen molar-refractivity contribution in [2.75, 3.05) is 6.54 Å². The average molecular weight is 411 g/mol. The Labute approximate surface area is 185 Å². The van der Waals surface area contributed by atoms with Gasteiger partial charge in [-0.1, -0.05) is 54.6 Å². The SMILES string of the molecule is C[C@@H](NC(=O)c1ccc(CN2CCc3ccccc3C2)cc1)c1ccc2c(c1)CCC2. The summed E-state index contributed by atoms with van der Waals surface area (Å²) >= 11 is 0. The molecule has 1 N–H and O–H groups in total. The molecule has 2 aliphatic rings.